The lowest BCUT2D eigenvalue weighted by Crippen LogP contribution is -2.43. The van der Waals surface area contributed by atoms with E-state index in [1.807, 2.05) is 24.3 Å². The van der Waals surface area contributed by atoms with E-state index in [-0.39, 0.29) is 0 Å². The van der Waals surface area contributed by atoms with Gasteiger partial charge in [-0.3, -0.25) is 0 Å². The van der Waals surface area contributed by atoms with Gasteiger partial charge in [-0.25, -0.2) is 14.5 Å². The molecule has 0 atom stereocenters. The van der Waals surface area contributed by atoms with Crippen LogP contribution in [0, 0.1) is 0 Å². The van der Waals surface area contributed by atoms with E-state index in [4.69, 9.17) is 0 Å². The van der Waals surface area contributed by atoms with E-state index in [1.165, 1.54) is 17.3 Å². The number of carboxylic acids is 1. The average molecular weight is 229 g/mol. The van der Waals surface area contributed by atoms with Crippen LogP contribution in [0.5, 0.6) is 0 Å². The van der Waals surface area contributed by atoms with Gasteiger partial charge in [-0.05, 0) is 11.1 Å². The van der Waals surface area contributed by atoms with Gasteiger partial charge in [0.15, 0.2) is 5.54 Å². The zero-order valence-corrected chi connectivity index (χ0v) is 9.08. The van der Waals surface area contributed by atoms with Crippen LogP contribution in [0.2, 0.25) is 0 Å². The first-order valence-corrected chi connectivity index (χ1v) is 5.38. The summed E-state index contributed by atoms with van der Waals surface area (Å²) in [5.74, 6) is -0.862. The number of aliphatic carboxylic acids is 1. The number of aromatic nitrogens is 3. The molecule has 86 valence electrons. The minimum atomic E-state index is -1.01. The Hall–Kier alpha value is -2.17. The van der Waals surface area contributed by atoms with Crippen LogP contribution in [0.4, 0.5) is 0 Å². The van der Waals surface area contributed by atoms with Gasteiger partial charge in [0.1, 0.15) is 12.7 Å². The fourth-order valence-electron chi connectivity index (χ4n) is 2.44. The van der Waals surface area contributed by atoms with Gasteiger partial charge in [-0.15, -0.1) is 0 Å². The van der Waals surface area contributed by atoms with E-state index >= 15 is 0 Å². The lowest BCUT2D eigenvalue weighted by atomic mass is 9.96. The number of hydrogen-bond acceptors (Lipinski definition) is 3. The zero-order chi connectivity index (χ0) is 11.9. The molecule has 0 fully saturated rings. The highest BCUT2D eigenvalue weighted by atomic mass is 16.4. The van der Waals surface area contributed by atoms with Gasteiger partial charge >= 0.3 is 5.97 Å². The number of carbonyl (C=O) groups is 1. The number of hydrogen-bond donors (Lipinski definition) is 1. The summed E-state index contributed by atoms with van der Waals surface area (Å²) in [6.45, 7) is 0. The van der Waals surface area contributed by atoms with Crippen LogP contribution < -0.4 is 0 Å². The van der Waals surface area contributed by atoms with E-state index < -0.39 is 11.5 Å². The molecule has 1 N–H and O–H groups in total. The Balaban J connectivity index is 2.10. The quantitative estimate of drug-likeness (QED) is 0.829. The first kappa shape index (κ1) is 10.0. The molecular formula is C12H11N3O2. The molecule has 0 saturated heterocycles. The van der Waals surface area contributed by atoms with Gasteiger partial charge < -0.3 is 5.11 Å². The highest BCUT2D eigenvalue weighted by molar-refractivity contribution is 5.79. The summed E-state index contributed by atoms with van der Waals surface area (Å²) in [6, 6.07) is 7.80. The fourth-order valence-corrected chi connectivity index (χ4v) is 2.44. The molecular weight excluding hydrogens is 218 g/mol. The van der Waals surface area contributed by atoms with Crippen molar-refractivity contribution in [3.63, 3.8) is 0 Å². The van der Waals surface area contributed by atoms with E-state index in [1.54, 1.807) is 0 Å². The third kappa shape index (κ3) is 1.35. The number of rotatable bonds is 2. The van der Waals surface area contributed by atoms with Gasteiger partial charge in [0, 0.05) is 12.8 Å². The molecule has 1 aliphatic rings. The Morgan fingerprint density at radius 1 is 1.29 bits per heavy atom. The Morgan fingerprint density at radius 3 is 2.41 bits per heavy atom. The van der Waals surface area contributed by atoms with Crippen LogP contribution in [0.15, 0.2) is 36.9 Å². The highest BCUT2D eigenvalue weighted by Crippen LogP contribution is 2.35. The van der Waals surface area contributed by atoms with Crippen molar-refractivity contribution in [2.45, 2.75) is 18.4 Å². The first-order chi connectivity index (χ1) is 8.22. The van der Waals surface area contributed by atoms with Gasteiger partial charge in [0.2, 0.25) is 0 Å². The summed E-state index contributed by atoms with van der Waals surface area (Å²) < 4.78 is 1.45. The Kier molecular flexibility index (Phi) is 2.01. The fraction of sp³-hybridized carbons (Fsp3) is 0.250. The van der Waals surface area contributed by atoms with Gasteiger partial charge in [-0.2, -0.15) is 5.10 Å². The minimum absolute atomic E-state index is 0.460. The number of fused-ring (bicyclic) bond motifs is 1. The van der Waals surface area contributed by atoms with Crippen molar-refractivity contribution in [1.29, 1.82) is 0 Å². The molecule has 3 rings (SSSR count). The Labute approximate surface area is 97.7 Å². The predicted molar refractivity (Wildman–Crippen MR) is 59.5 cm³/mol. The maximum absolute atomic E-state index is 11.6. The zero-order valence-electron chi connectivity index (χ0n) is 9.08. The molecule has 0 unspecified atom stereocenters. The lowest BCUT2D eigenvalue weighted by Gasteiger charge is -2.23. The minimum Gasteiger partial charge on any atom is -0.479 e. The van der Waals surface area contributed by atoms with Crippen molar-refractivity contribution < 1.29 is 9.90 Å². The van der Waals surface area contributed by atoms with Crippen LogP contribution in [-0.4, -0.2) is 25.8 Å². The molecule has 1 aliphatic carbocycles. The SMILES string of the molecule is O=C(O)C1(n2cncn2)Cc2ccccc2C1. The predicted octanol–water partition coefficient (Wildman–Crippen LogP) is 0.857. The molecule has 17 heavy (non-hydrogen) atoms. The second-order valence-corrected chi connectivity index (χ2v) is 4.30. The van der Waals surface area contributed by atoms with Crippen LogP contribution in [-0.2, 0) is 23.2 Å². The van der Waals surface area contributed by atoms with Crippen molar-refractivity contribution in [2.24, 2.45) is 0 Å². The molecule has 5 heteroatoms. The summed E-state index contributed by atoms with van der Waals surface area (Å²) in [5, 5.41) is 13.5. The molecule has 0 spiro atoms. The lowest BCUT2D eigenvalue weighted by molar-refractivity contribution is -0.147. The maximum Gasteiger partial charge on any atom is 0.332 e. The summed E-state index contributed by atoms with van der Waals surface area (Å²) in [7, 11) is 0. The molecule has 5 nitrogen and oxygen atoms in total. The molecule has 0 bridgehead atoms. The van der Waals surface area contributed by atoms with Crippen molar-refractivity contribution in [3.05, 3.63) is 48.0 Å². The molecule has 1 aromatic carbocycles. The van der Waals surface area contributed by atoms with Crippen molar-refractivity contribution >= 4 is 5.97 Å². The molecule has 0 amide bonds. The largest absolute Gasteiger partial charge is 0.479 e. The average Bonchev–Trinajstić information content (AvgIpc) is 2.96. The number of carboxylic acid groups (broad SMARTS) is 1. The molecule has 1 aromatic heterocycles. The third-order valence-corrected chi connectivity index (χ3v) is 3.34. The topological polar surface area (TPSA) is 68.0 Å². The molecule has 2 aromatic rings. The van der Waals surface area contributed by atoms with E-state index in [0.29, 0.717) is 12.8 Å². The molecule has 0 radical (unpaired) electrons. The van der Waals surface area contributed by atoms with Crippen LogP contribution >= 0.6 is 0 Å². The van der Waals surface area contributed by atoms with Crippen LogP contribution in [0.1, 0.15) is 11.1 Å². The number of benzene rings is 1. The summed E-state index contributed by atoms with van der Waals surface area (Å²) in [6.07, 6.45) is 3.76. The van der Waals surface area contributed by atoms with Crippen LogP contribution in [0.25, 0.3) is 0 Å². The van der Waals surface area contributed by atoms with Crippen molar-refractivity contribution in [2.75, 3.05) is 0 Å². The highest BCUT2D eigenvalue weighted by Gasteiger charge is 2.46. The first-order valence-electron chi connectivity index (χ1n) is 5.38. The number of nitrogens with zero attached hydrogens (tertiary/aromatic N) is 3. The monoisotopic (exact) mass is 229 g/mol. The van der Waals surface area contributed by atoms with Crippen molar-refractivity contribution in [3.8, 4) is 0 Å². The summed E-state index contributed by atoms with van der Waals surface area (Å²) >= 11 is 0. The summed E-state index contributed by atoms with van der Waals surface area (Å²) in [5.41, 5.74) is 1.14. The molecule has 0 aliphatic heterocycles. The standard InChI is InChI=1S/C12H11N3O2/c16-11(17)12(15-8-13-7-14-15)5-9-3-1-2-4-10(9)6-12/h1-4,7-8H,5-6H2,(H,16,17). The Morgan fingerprint density at radius 2 is 1.94 bits per heavy atom. The third-order valence-electron chi connectivity index (χ3n) is 3.34. The van der Waals surface area contributed by atoms with Crippen molar-refractivity contribution in [1.82, 2.24) is 14.8 Å². The van der Waals surface area contributed by atoms with E-state index in [0.717, 1.165) is 11.1 Å². The van der Waals surface area contributed by atoms with Gasteiger partial charge in [0.05, 0.1) is 0 Å². The second kappa shape index (κ2) is 3.41. The van der Waals surface area contributed by atoms with E-state index in [9.17, 15) is 9.90 Å². The van der Waals surface area contributed by atoms with Gasteiger partial charge in [0.25, 0.3) is 0 Å². The second-order valence-electron chi connectivity index (χ2n) is 4.30. The maximum atomic E-state index is 11.6. The smallest absolute Gasteiger partial charge is 0.332 e. The normalized spacial score (nSPS) is 16.7. The van der Waals surface area contributed by atoms with E-state index in [2.05, 4.69) is 10.1 Å². The molecule has 1 heterocycles. The van der Waals surface area contributed by atoms with Gasteiger partial charge in [-0.1, -0.05) is 24.3 Å². The Bertz CT molecular complexity index is 538. The molecule has 0 saturated carbocycles. The van der Waals surface area contributed by atoms with Crippen LogP contribution in [0.3, 0.4) is 0 Å². The summed E-state index contributed by atoms with van der Waals surface area (Å²) in [4.78, 5) is 15.4.